The summed E-state index contributed by atoms with van der Waals surface area (Å²) in [6.45, 7) is 6.76. The predicted octanol–water partition coefficient (Wildman–Crippen LogP) is 2.99. The number of nitrogens with zero attached hydrogens (tertiary/aromatic N) is 1. The minimum absolute atomic E-state index is 0.0198. The van der Waals surface area contributed by atoms with Gasteiger partial charge in [-0.15, -0.1) is 0 Å². The van der Waals surface area contributed by atoms with Gasteiger partial charge < -0.3 is 15.3 Å². The van der Waals surface area contributed by atoms with Crippen LogP contribution in [0.5, 0.6) is 0 Å². The van der Waals surface area contributed by atoms with E-state index < -0.39 is 11.9 Å². The van der Waals surface area contributed by atoms with Crippen LogP contribution in [0.4, 0.5) is 10.5 Å². The largest absolute Gasteiger partial charge is 0.481 e. The van der Waals surface area contributed by atoms with Crippen LogP contribution in [-0.4, -0.2) is 35.1 Å². The Morgan fingerprint density at radius 3 is 2.52 bits per heavy atom. The zero-order valence-corrected chi connectivity index (χ0v) is 12.7. The Balaban J connectivity index is 2.08. The van der Waals surface area contributed by atoms with Crippen molar-refractivity contribution in [3.63, 3.8) is 0 Å². The number of nitrogens with one attached hydrogen (secondary N) is 1. The maximum atomic E-state index is 12.3. The van der Waals surface area contributed by atoms with Crippen LogP contribution < -0.4 is 5.32 Å². The topological polar surface area (TPSA) is 69.6 Å². The number of benzene rings is 1. The molecule has 2 N–H and O–H groups in total. The van der Waals surface area contributed by atoms with Gasteiger partial charge in [-0.3, -0.25) is 4.79 Å². The second-order valence-corrected chi connectivity index (χ2v) is 6.00. The highest BCUT2D eigenvalue weighted by Gasteiger charge is 2.37. The zero-order valence-electron chi connectivity index (χ0n) is 12.7. The third kappa shape index (κ3) is 3.35. The number of rotatable bonds is 3. The summed E-state index contributed by atoms with van der Waals surface area (Å²) in [6.07, 6.45) is 0. The Kier molecular flexibility index (Phi) is 4.50. The number of amides is 2. The fraction of sp³-hybridized carbons (Fsp3) is 0.500. The van der Waals surface area contributed by atoms with Crippen LogP contribution >= 0.6 is 0 Å². The van der Waals surface area contributed by atoms with Gasteiger partial charge in [0.2, 0.25) is 0 Å². The number of likely N-dealkylation sites (tertiary alicyclic amines) is 1. The summed E-state index contributed by atoms with van der Waals surface area (Å²) < 4.78 is 0. The summed E-state index contributed by atoms with van der Waals surface area (Å²) in [5.74, 6) is -1.02. The molecule has 1 fully saturated rings. The highest BCUT2D eigenvalue weighted by Crippen LogP contribution is 2.26. The van der Waals surface area contributed by atoms with Gasteiger partial charge in [-0.1, -0.05) is 39.0 Å². The van der Waals surface area contributed by atoms with Crippen molar-refractivity contribution in [2.45, 2.75) is 26.7 Å². The average molecular weight is 290 g/mol. The molecule has 0 aliphatic carbocycles. The Hall–Kier alpha value is -2.04. The summed E-state index contributed by atoms with van der Waals surface area (Å²) >= 11 is 0. The van der Waals surface area contributed by atoms with Gasteiger partial charge in [-0.25, -0.2) is 4.79 Å². The van der Waals surface area contributed by atoms with Gasteiger partial charge in [-0.05, 0) is 23.5 Å². The molecule has 2 rings (SSSR count). The first-order valence-electron chi connectivity index (χ1n) is 7.27. The number of aliphatic carboxylic acids is 1. The van der Waals surface area contributed by atoms with Gasteiger partial charge >= 0.3 is 12.0 Å². The van der Waals surface area contributed by atoms with E-state index in [2.05, 4.69) is 19.2 Å². The summed E-state index contributed by atoms with van der Waals surface area (Å²) in [6, 6.07) is 7.48. The molecule has 2 amide bonds. The molecule has 0 radical (unpaired) electrons. The number of carboxylic acid groups (broad SMARTS) is 1. The molecule has 0 saturated carbocycles. The minimum Gasteiger partial charge on any atom is -0.481 e. The van der Waals surface area contributed by atoms with Gasteiger partial charge in [0, 0.05) is 18.8 Å². The van der Waals surface area contributed by atoms with E-state index in [-0.39, 0.29) is 18.5 Å². The first-order chi connectivity index (χ1) is 9.90. The molecular formula is C16H22N2O3. The smallest absolute Gasteiger partial charge is 0.321 e. The molecule has 2 atom stereocenters. The Labute approximate surface area is 125 Å². The van der Waals surface area contributed by atoms with E-state index in [0.717, 1.165) is 11.3 Å². The third-order valence-electron chi connectivity index (χ3n) is 4.04. The third-order valence-corrected chi connectivity index (χ3v) is 4.04. The van der Waals surface area contributed by atoms with Gasteiger partial charge in [-0.2, -0.15) is 0 Å². The van der Waals surface area contributed by atoms with Crippen molar-refractivity contribution < 1.29 is 14.7 Å². The number of hydrogen-bond acceptors (Lipinski definition) is 2. The molecule has 1 aromatic carbocycles. The molecule has 5 heteroatoms. The predicted molar refractivity (Wildman–Crippen MR) is 81.4 cm³/mol. The van der Waals surface area contributed by atoms with E-state index in [1.54, 1.807) is 4.90 Å². The van der Waals surface area contributed by atoms with E-state index in [0.29, 0.717) is 12.5 Å². The molecule has 0 spiro atoms. The van der Waals surface area contributed by atoms with Crippen LogP contribution in [0, 0.1) is 11.8 Å². The molecule has 21 heavy (non-hydrogen) atoms. The lowest BCUT2D eigenvalue weighted by molar-refractivity contribution is -0.142. The van der Waals surface area contributed by atoms with Crippen LogP contribution in [0.15, 0.2) is 24.3 Å². The highest BCUT2D eigenvalue weighted by molar-refractivity contribution is 5.91. The quantitative estimate of drug-likeness (QED) is 0.899. The van der Waals surface area contributed by atoms with Crippen molar-refractivity contribution in [2.75, 3.05) is 18.4 Å². The number of anilines is 1. The number of para-hydroxylation sites is 1. The van der Waals surface area contributed by atoms with Crippen molar-refractivity contribution in [3.8, 4) is 0 Å². The van der Waals surface area contributed by atoms with E-state index in [1.165, 1.54) is 0 Å². The van der Waals surface area contributed by atoms with Gasteiger partial charge in [0.15, 0.2) is 0 Å². The van der Waals surface area contributed by atoms with Gasteiger partial charge in [0.25, 0.3) is 0 Å². The van der Waals surface area contributed by atoms with E-state index in [1.807, 2.05) is 31.2 Å². The van der Waals surface area contributed by atoms with Crippen LogP contribution in [-0.2, 0) is 4.79 Å². The van der Waals surface area contributed by atoms with Crippen LogP contribution in [0.25, 0.3) is 0 Å². The lowest BCUT2D eigenvalue weighted by Gasteiger charge is -2.19. The first kappa shape index (κ1) is 15.4. The summed E-state index contributed by atoms with van der Waals surface area (Å²) in [5.41, 5.74) is 1.87. The maximum absolute atomic E-state index is 12.3. The second kappa shape index (κ2) is 6.16. The number of carboxylic acids is 1. The Morgan fingerprint density at radius 1 is 1.29 bits per heavy atom. The molecule has 1 aliphatic rings. The monoisotopic (exact) mass is 290 g/mol. The molecule has 1 saturated heterocycles. The summed E-state index contributed by atoms with van der Waals surface area (Å²) in [7, 11) is 0. The standard InChI is InChI=1S/C16H22N2O3/c1-10(2)12-6-4-5-7-14(12)17-16(21)18-8-11(3)13(9-18)15(19)20/h4-7,10-11,13H,8-9H2,1-3H3,(H,17,21)(H,19,20)/t11-,13-/m1/s1. The molecule has 1 heterocycles. The number of hydrogen-bond donors (Lipinski definition) is 2. The van der Waals surface area contributed by atoms with E-state index in [4.69, 9.17) is 5.11 Å². The Morgan fingerprint density at radius 2 is 1.95 bits per heavy atom. The second-order valence-electron chi connectivity index (χ2n) is 6.00. The molecular weight excluding hydrogens is 268 g/mol. The van der Waals surface area contributed by atoms with Crippen molar-refractivity contribution in [1.29, 1.82) is 0 Å². The van der Waals surface area contributed by atoms with Crippen molar-refractivity contribution in [1.82, 2.24) is 4.90 Å². The molecule has 1 aromatic rings. The number of carbonyl (C=O) groups is 2. The summed E-state index contributed by atoms with van der Waals surface area (Å²) in [5, 5.41) is 12.0. The first-order valence-corrected chi connectivity index (χ1v) is 7.27. The van der Waals surface area contributed by atoms with Crippen LogP contribution in [0.2, 0.25) is 0 Å². The molecule has 0 unspecified atom stereocenters. The highest BCUT2D eigenvalue weighted by atomic mass is 16.4. The van der Waals surface area contributed by atoms with E-state index in [9.17, 15) is 9.59 Å². The van der Waals surface area contributed by atoms with Gasteiger partial charge in [0.1, 0.15) is 0 Å². The van der Waals surface area contributed by atoms with Crippen molar-refractivity contribution in [3.05, 3.63) is 29.8 Å². The van der Waals surface area contributed by atoms with Crippen molar-refractivity contribution in [2.24, 2.45) is 11.8 Å². The zero-order chi connectivity index (χ0) is 15.6. The summed E-state index contributed by atoms with van der Waals surface area (Å²) in [4.78, 5) is 25.0. The van der Waals surface area contributed by atoms with E-state index >= 15 is 0 Å². The molecule has 0 aromatic heterocycles. The fourth-order valence-corrected chi connectivity index (χ4v) is 2.76. The molecule has 114 valence electrons. The molecule has 0 bridgehead atoms. The van der Waals surface area contributed by atoms with Crippen molar-refractivity contribution >= 4 is 17.7 Å². The molecule has 5 nitrogen and oxygen atoms in total. The lowest BCUT2D eigenvalue weighted by atomic mass is 9.99. The number of carbonyl (C=O) groups excluding carboxylic acids is 1. The molecule has 1 aliphatic heterocycles. The minimum atomic E-state index is -0.833. The van der Waals surface area contributed by atoms with Crippen LogP contribution in [0.1, 0.15) is 32.3 Å². The fourth-order valence-electron chi connectivity index (χ4n) is 2.76. The number of urea groups is 1. The normalized spacial score (nSPS) is 21.6. The van der Waals surface area contributed by atoms with Crippen LogP contribution in [0.3, 0.4) is 0 Å². The average Bonchev–Trinajstić information content (AvgIpc) is 2.81. The Bertz CT molecular complexity index is 542. The van der Waals surface area contributed by atoms with Gasteiger partial charge in [0.05, 0.1) is 5.92 Å². The SMILES string of the molecule is CC(C)c1ccccc1NC(=O)N1C[C@@H](C)[C@H](C(=O)O)C1. The maximum Gasteiger partial charge on any atom is 0.321 e. The lowest BCUT2D eigenvalue weighted by Crippen LogP contribution is -2.34.